The molecule has 0 amide bonds. The Labute approximate surface area is 144 Å². The van der Waals surface area contributed by atoms with Gasteiger partial charge in [0.25, 0.3) is 11.5 Å². The molecule has 1 fully saturated rings. The number of halogens is 2. The first-order valence-corrected chi connectivity index (χ1v) is 7.86. The number of anilines is 1. The summed E-state index contributed by atoms with van der Waals surface area (Å²) in [6.45, 7) is -0.399. The molecule has 1 aliphatic heterocycles. The number of imidazole rings is 1. The van der Waals surface area contributed by atoms with Gasteiger partial charge in [-0.05, 0) is 13.1 Å². The third-order valence-corrected chi connectivity index (χ3v) is 4.44. The van der Waals surface area contributed by atoms with Crippen molar-refractivity contribution in [1.82, 2.24) is 29.9 Å². The lowest BCUT2D eigenvalue weighted by Gasteiger charge is -2.19. The van der Waals surface area contributed by atoms with Crippen LogP contribution in [0.4, 0.5) is 14.5 Å². The van der Waals surface area contributed by atoms with Gasteiger partial charge >= 0.3 is 5.69 Å². The normalized spacial score (nSPS) is 19.3. The van der Waals surface area contributed by atoms with Crippen LogP contribution in [0.5, 0.6) is 0 Å². The fourth-order valence-corrected chi connectivity index (χ4v) is 3.13. The number of aromatic nitrogens is 5. The number of likely N-dealkylation sites (N-methyl/N-ethyl adjacent to an activating group) is 1. The van der Waals surface area contributed by atoms with Gasteiger partial charge in [0.1, 0.15) is 5.69 Å². The zero-order valence-corrected chi connectivity index (χ0v) is 13.7. The van der Waals surface area contributed by atoms with E-state index >= 15 is 0 Å². The minimum atomic E-state index is -2.91. The number of alkyl halides is 2. The van der Waals surface area contributed by atoms with Crippen molar-refractivity contribution in [3.05, 3.63) is 45.5 Å². The van der Waals surface area contributed by atoms with Gasteiger partial charge in [-0.25, -0.2) is 23.1 Å². The van der Waals surface area contributed by atoms with Gasteiger partial charge in [0.15, 0.2) is 5.65 Å². The van der Waals surface area contributed by atoms with Crippen LogP contribution in [-0.2, 0) is 0 Å². The summed E-state index contributed by atoms with van der Waals surface area (Å²) in [5.41, 5.74) is -0.0628. The lowest BCUT2D eigenvalue weighted by atomic mass is 10.2. The highest BCUT2D eigenvalue weighted by Gasteiger charge is 2.47. The molecule has 9 nitrogen and oxygen atoms in total. The van der Waals surface area contributed by atoms with Gasteiger partial charge in [0, 0.05) is 25.1 Å². The maximum atomic E-state index is 14.2. The van der Waals surface area contributed by atoms with Crippen LogP contribution in [-0.4, -0.2) is 56.7 Å². The lowest BCUT2D eigenvalue weighted by Crippen LogP contribution is -2.41. The highest BCUT2D eigenvalue weighted by molar-refractivity contribution is 5.74. The van der Waals surface area contributed by atoms with E-state index in [0.29, 0.717) is 11.3 Å². The minimum Gasteiger partial charge on any atom is -0.361 e. The number of nitrogens with zero attached hydrogens (tertiary/aromatic N) is 4. The van der Waals surface area contributed by atoms with E-state index in [4.69, 9.17) is 0 Å². The van der Waals surface area contributed by atoms with E-state index in [9.17, 15) is 18.4 Å². The molecular formula is C15H15F2N7O2. The van der Waals surface area contributed by atoms with Gasteiger partial charge in [-0.2, -0.15) is 5.10 Å². The second-order valence-electron chi connectivity index (χ2n) is 6.08. The molecule has 11 heteroatoms. The van der Waals surface area contributed by atoms with Gasteiger partial charge in [-0.15, -0.1) is 0 Å². The van der Waals surface area contributed by atoms with E-state index in [2.05, 4.69) is 25.4 Å². The molecule has 0 spiro atoms. The maximum absolute atomic E-state index is 14.2. The Balaban J connectivity index is 1.86. The van der Waals surface area contributed by atoms with E-state index in [0.717, 1.165) is 0 Å². The first kappa shape index (κ1) is 16.4. The molecular weight excluding hydrogens is 348 g/mol. The Hall–Kier alpha value is -3.08. The number of rotatable bonds is 3. The number of nitrogens with one attached hydrogen (secondary N) is 3. The monoisotopic (exact) mass is 363 g/mol. The standard InChI is InChI=1S/C15H15F2N7O2/c1-18-11-6-23(7-15(11,16)17)10-4-9(22-24-3-2-19-12(10)24)8-5-20-14(26)21-13(8)25/h2-5,11,18H,6-7H2,1H3,(H2,20,21,25,26). The maximum Gasteiger partial charge on any atom is 0.325 e. The molecule has 0 aliphatic carbocycles. The molecule has 1 saturated heterocycles. The highest BCUT2D eigenvalue weighted by Crippen LogP contribution is 2.34. The summed E-state index contributed by atoms with van der Waals surface area (Å²) in [5, 5.41) is 6.91. The average molecular weight is 363 g/mol. The molecule has 0 saturated carbocycles. The summed E-state index contributed by atoms with van der Waals surface area (Å²) in [5.74, 6) is -2.91. The van der Waals surface area contributed by atoms with Gasteiger partial charge in [-0.1, -0.05) is 0 Å². The van der Waals surface area contributed by atoms with E-state index in [1.165, 1.54) is 34.9 Å². The third kappa shape index (κ3) is 2.56. The molecule has 0 bridgehead atoms. The Bertz CT molecular complexity index is 1090. The molecule has 3 aromatic rings. The van der Waals surface area contributed by atoms with E-state index in [-0.39, 0.29) is 17.8 Å². The smallest absolute Gasteiger partial charge is 0.325 e. The van der Waals surface area contributed by atoms with Crippen molar-refractivity contribution in [2.45, 2.75) is 12.0 Å². The summed E-state index contributed by atoms with van der Waals surface area (Å²) in [6.07, 6.45) is 4.30. The predicted octanol–water partition coefficient (Wildman–Crippen LogP) is -0.184. The molecule has 1 aliphatic rings. The van der Waals surface area contributed by atoms with Crippen molar-refractivity contribution >= 4 is 11.3 Å². The fourth-order valence-electron chi connectivity index (χ4n) is 3.13. The highest BCUT2D eigenvalue weighted by atomic mass is 19.3. The van der Waals surface area contributed by atoms with Crippen LogP contribution in [0, 0.1) is 0 Å². The molecule has 136 valence electrons. The molecule has 1 unspecified atom stereocenters. The topological polar surface area (TPSA) is 111 Å². The number of hydrogen-bond donors (Lipinski definition) is 3. The second-order valence-corrected chi connectivity index (χ2v) is 6.08. The SMILES string of the molecule is CNC1CN(c2cc(-c3c[nH]c(=O)[nH]c3=O)nn3ccnc23)CC1(F)F. The quantitative estimate of drug-likeness (QED) is 0.595. The van der Waals surface area contributed by atoms with E-state index in [1.54, 1.807) is 6.20 Å². The van der Waals surface area contributed by atoms with Gasteiger partial charge < -0.3 is 15.2 Å². The van der Waals surface area contributed by atoms with Crippen molar-refractivity contribution in [1.29, 1.82) is 0 Å². The van der Waals surface area contributed by atoms with Crippen molar-refractivity contribution in [2.24, 2.45) is 0 Å². The Morgan fingerprint density at radius 1 is 1.38 bits per heavy atom. The summed E-state index contributed by atoms with van der Waals surface area (Å²) in [6, 6.07) is 0.532. The first-order valence-electron chi connectivity index (χ1n) is 7.86. The van der Waals surface area contributed by atoms with Gasteiger partial charge in [-0.3, -0.25) is 9.78 Å². The van der Waals surface area contributed by atoms with Crippen molar-refractivity contribution in [3.63, 3.8) is 0 Å². The summed E-state index contributed by atoms with van der Waals surface area (Å²) >= 11 is 0. The molecule has 4 rings (SSSR count). The largest absolute Gasteiger partial charge is 0.361 e. The van der Waals surface area contributed by atoms with Crippen LogP contribution in [0.2, 0.25) is 0 Å². The molecule has 26 heavy (non-hydrogen) atoms. The second kappa shape index (κ2) is 5.73. The Morgan fingerprint density at radius 2 is 2.19 bits per heavy atom. The van der Waals surface area contributed by atoms with Crippen LogP contribution in [0.1, 0.15) is 0 Å². The van der Waals surface area contributed by atoms with Crippen LogP contribution in [0.15, 0.2) is 34.2 Å². The van der Waals surface area contributed by atoms with Gasteiger partial charge in [0.05, 0.1) is 23.8 Å². The number of aromatic amines is 2. The average Bonchev–Trinajstić information content (AvgIpc) is 3.17. The summed E-state index contributed by atoms with van der Waals surface area (Å²) < 4.78 is 29.7. The van der Waals surface area contributed by atoms with E-state index in [1.807, 2.05) is 0 Å². The van der Waals surface area contributed by atoms with Gasteiger partial charge in [0.2, 0.25) is 0 Å². The van der Waals surface area contributed by atoms with Crippen molar-refractivity contribution < 1.29 is 8.78 Å². The van der Waals surface area contributed by atoms with Crippen LogP contribution in [0.3, 0.4) is 0 Å². The van der Waals surface area contributed by atoms with Crippen LogP contribution >= 0.6 is 0 Å². The number of H-pyrrole nitrogens is 2. The fraction of sp³-hybridized carbons (Fsp3) is 0.333. The molecule has 4 heterocycles. The number of fused-ring (bicyclic) bond motifs is 1. The number of hydrogen-bond acceptors (Lipinski definition) is 6. The molecule has 1 atom stereocenters. The molecule has 3 N–H and O–H groups in total. The van der Waals surface area contributed by atoms with E-state index < -0.39 is 29.8 Å². The molecule has 0 radical (unpaired) electrons. The Morgan fingerprint density at radius 3 is 2.88 bits per heavy atom. The van der Waals surface area contributed by atoms with Crippen LogP contribution < -0.4 is 21.5 Å². The molecule has 0 aromatic carbocycles. The lowest BCUT2D eigenvalue weighted by molar-refractivity contribution is 0.000356. The predicted molar refractivity (Wildman–Crippen MR) is 89.7 cm³/mol. The summed E-state index contributed by atoms with van der Waals surface area (Å²) in [4.78, 5) is 33.5. The van der Waals surface area contributed by atoms with Crippen molar-refractivity contribution in [3.8, 4) is 11.3 Å². The Kier molecular flexibility index (Phi) is 3.61. The minimum absolute atomic E-state index is 0.0808. The third-order valence-electron chi connectivity index (χ3n) is 4.44. The zero-order valence-electron chi connectivity index (χ0n) is 13.7. The van der Waals surface area contributed by atoms with Crippen LogP contribution in [0.25, 0.3) is 16.9 Å². The zero-order chi connectivity index (χ0) is 18.5. The first-order chi connectivity index (χ1) is 12.4. The molecule has 3 aromatic heterocycles. The van der Waals surface area contributed by atoms with Crippen molar-refractivity contribution in [2.75, 3.05) is 25.0 Å². The summed E-state index contributed by atoms with van der Waals surface area (Å²) in [7, 11) is 1.49.